The van der Waals surface area contributed by atoms with Gasteiger partial charge in [-0.05, 0) is 62.0 Å². The molecule has 11 rings (SSSR count). The fraction of sp³-hybridized carbons (Fsp3) is 0.0208. The Hall–Kier alpha value is -6.91. The molecule has 0 saturated carbocycles. The third-order valence-corrected chi connectivity index (χ3v) is 10.8. The molecule has 0 fully saturated rings. The molecule has 0 unspecified atom stereocenters. The van der Waals surface area contributed by atoms with Crippen molar-refractivity contribution in [1.29, 1.82) is 0 Å². The quantitative estimate of drug-likeness (QED) is 0.177. The molecule has 0 saturated heterocycles. The van der Waals surface area contributed by atoms with Gasteiger partial charge >= 0.3 is 0 Å². The molecule has 2 heterocycles. The highest BCUT2D eigenvalue weighted by Crippen LogP contribution is 2.62. The van der Waals surface area contributed by atoms with Gasteiger partial charge in [0.2, 0.25) is 0 Å². The van der Waals surface area contributed by atoms with Gasteiger partial charge in [-0.15, -0.1) is 0 Å². The highest BCUT2D eigenvalue weighted by molar-refractivity contribution is 6.08. The predicted octanol–water partition coefficient (Wildman–Crippen LogP) is 11.6. The van der Waals surface area contributed by atoms with Gasteiger partial charge in [-0.1, -0.05) is 158 Å². The third kappa shape index (κ3) is 4.12. The van der Waals surface area contributed by atoms with E-state index >= 15 is 0 Å². The number of para-hydroxylation sites is 1. The van der Waals surface area contributed by atoms with Crippen molar-refractivity contribution in [3.8, 4) is 56.8 Å². The van der Waals surface area contributed by atoms with Crippen LogP contribution >= 0.6 is 0 Å². The summed E-state index contributed by atoms with van der Waals surface area (Å²) < 4.78 is 6.80. The fourth-order valence-corrected chi connectivity index (χ4v) is 8.50. The van der Waals surface area contributed by atoms with Crippen LogP contribution in [0.25, 0.3) is 66.8 Å². The van der Waals surface area contributed by atoms with E-state index in [4.69, 9.17) is 19.7 Å². The number of rotatable bonds is 3. The molecule has 4 heteroatoms. The summed E-state index contributed by atoms with van der Waals surface area (Å²) in [6.45, 7) is 0. The van der Waals surface area contributed by atoms with Crippen molar-refractivity contribution in [2.75, 3.05) is 0 Å². The van der Waals surface area contributed by atoms with Gasteiger partial charge in [-0.3, -0.25) is 0 Å². The minimum Gasteiger partial charge on any atom is -0.457 e. The van der Waals surface area contributed by atoms with Crippen LogP contribution in [0.1, 0.15) is 22.3 Å². The summed E-state index contributed by atoms with van der Waals surface area (Å²) in [6.07, 6.45) is 0. The van der Waals surface area contributed by atoms with Crippen molar-refractivity contribution in [3.05, 3.63) is 198 Å². The minimum absolute atomic E-state index is 0.523. The summed E-state index contributed by atoms with van der Waals surface area (Å²) in [6, 6.07) is 61.9. The lowest BCUT2D eigenvalue weighted by molar-refractivity contribution is 0.436. The molecule has 0 amide bonds. The van der Waals surface area contributed by atoms with Gasteiger partial charge < -0.3 is 4.74 Å². The van der Waals surface area contributed by atoms with Crippen LogP contribution in [0.15, 0.2) is 176 Å². The van der Waals surface area contributed by atoms with E-state index < -0.39 is 5.41 Å². The molecule has 4 nitrogen and oxygen atoms in total. The van der Waals surface area contributed by atoms with Crippen LogP contribution in [0, 0.1) is 0 Å². The number of hydrogen-bond acceptors (Lipinski definition) is 4. The molecular weight excluding hydrogens is 635 g/mol. The predicted molar refractivity (Wildman–Crippen MR) is 209 cm³/mol. The van der Waals surface area contributed by atoms with Crippen molar-refractivity contribution >= 4 is 21.5 Å². The van der Waals surface area contributed by atoms with Crippen molar-refractivity contribution in [3.63, 3.8) is 0 Å². The largest absolute Gasteiger partial charge is 0.457 e. The van der Waals surface area contributed by atoms with Gasteiger partial charge in [0.1, 0.15) is 11.5 Å². The Balaban J connectivity index is 1.11. The Kier molecular flexibility index (Phi) is 6.13. The second-order valence-corrected chi connectivity index (χ2v) is 13.5. The average Bonchev–Trinajstić information content (AvgIpc) is 3.51. The zero-order valence-corrected chi connectivity index (χ0v) is 28.0. The molecule has 1 aliphatic heterocycles. The van der Waals surface area contributed by atoms with Gasteiger partial charge in [0.05, 0.1) is 5.41 Å². The topological polar surface area (TPSA) is 47.9 Å². The van der Waals surface area contributed by atoms with Gasteiger partial charge in [0.15, 0.2) is 17.5 Å². The lowest BCUT2D eigenvalue weighted by atomic mass is 9.66. The van der Waals surface area contributed by atoms with Crippen LogP contribution in [0.3, 0.4) is 0 Å². The second kappa shape index (κ2) is 11.0. The second-order valence-electron chi connectivity index (χ2n) is 13.5. The summed E-state index contributed by atoms with van der Waals surface area (Å²) in [7, 11) is 0. The van der Waals surface area contributed by atoms with E-state index in [1.54, 1.807) is 0 Å². The molecule has 0 bridgehead atoms. The van der Waals surface area contributed by atoms with E-state index in [1.807, 2.05) is 36.4 Å². The zero-order valence-electron chi connectivity index (χ0n) is 28.0. The molecule has 1 aliphatic carbocycles. The van der Waals surface area contributed by atoms with Crippen molar-refractivity contribution in [2.45, 2.75) is 5.41 Å². The monoisotopic (exact) mass is 663 g/mol. The van der Waals surface area contributed by atoms with Crippen LogP contribution in [0.4, 0.5) is 0 Å². The van der Waals surface area contributed by atoms with Crippen LogP contribution in [0.5, 0.6) is 11.5 Å². The summed E-state index contributed by atoms with van der Waals surface area (Å²) >= 11 is 0. The maximum atomic E-state index is 6.80. The molecule has 0 atom stereocenters. The Morgan fingerprint density at radius 3 is 1.65 bits per heavy atom. The molecule has 2 aliphatic rings. The maximum Gasteiger partial charge on any atom is 0.164 e. The Labute approximate surface area is 300 Å². The first-order valence-electron chi connectivity index (χ1n) is 17.6. The minimum atomic E-state index is -0.523. The average molecular weight is 664 g/mol. The van der Waals surface area contributed by atoms with Crippen molar-refractivity contribution < 1.29 is 4.74 Å². The van der Waals surface area contributed by atoms with Gasteiger partial charge in [-0.25, -0.2) is 15.0 Å². The van der Waals surface area contributed by atoms with E-state index in [9.17, 15) is 0 Å². The van der Waals surface area contributed by atoms with E-state index in [2.05, 4.69) is 140 Å². The summed E-state index contributed by atoms with van der Waals surface area (Å²) in [5.74, 6) is 3.48. The summed E-state index contributed by atoms with van der Waals surface area (Å²) in [5.41, 5.74) is 9.48. The lowest BCUT2D eigenvalue weighted by Crippen LogP contribution is -2.32. The van der Waals surface area contributed by atoms with E-state index in [0.717, 1.165) is 44.7 Å². The molecule has 8 aromatic carbocycles. The number of hydrogen-bond donors (Lipinski definition) is 0. The number of ether oxygens (including phenoxy) is 1. The molecule has 1 spiro atoms. The highest BCUT2D eigenvalue weighted by atomic mass is 16.5. The van der Waals surface area contributed by atoms with Gasteiger partial charge in [0, 0.05) is 27.8 Å². The first kappa shape index (κ1) is 28.9. The Morgan fingerprint density at radius 2 is 0.885 bits per heavy atom. The van der Waals surface area contributed by atoms with Gasteiger partial charge in [-0.2, -0.15) is 0 Å². The Bertz CT molecular complexity index is 2850. The highest BCUT2D eigenvalue weighted by Gasteiger charge is 2.50. The van der Waals surface area contributed by atoms with Crippen LogP contribution < -0.4 is 4.74 Å². The van der Waals surface area contributed by atoms with Crippen molar-refractivity contribution in [1.82, 2.24) is 15.0 Å². The maximum absolute atomic E-state index is 6.80. The summed E-state index contributed by atoms with van der Waals surface area (Å²) in [4.78, 5) is 15.3. The smallest absolute Gasteiger partial charge is 0.164 e. The summed E-state index contributed by atoms with van der Waals surface area (Å²) in [5, 5.41) is 4.80. The first-order valence-corrected chi connectivity index (χ1v) is 17.6. The molecule has 0 N–H and O–H groups in total. The van der Waals surface area contributed by atoms with E-state index in [1.165, 1.54) is 38.4 Å². The number of aromatic nitrogens is 3. The van der Waals surface area contributed by atoms with Crippen molar-refractivity contribution in [2.24, 2.45) is 0 Å². The molecule has 52 heavy (non-hydrogen) atoms. The number of nitrogens with zero attached hydrogens (tertiary/aromatic N) is 3. The van der Waals surface area contributed by atoms with E-state index in [0.29, 0.717) is 17.5 Å². The van der Waals surface area contributed by atoms with Crippen LogP contribution in [-0.4, -0.2) is 15.0 Å². The SMILES string of the molecule is c1ccc(-c2nc(-c3ccc4c(c3)Oc3ccccc3C43c4ccccc4-c4ccccc43)nc(-c3ccc4c(ccc5ccccc54)c3)n2)cc1. The lowest BCUT2D eigenvalue weighted by Gasteiger charge is -2.39. The molecule has 1 aromatic heterocycles. The Morgan fingerprint density at radius 1 is 0.346 bits per heavy atom. The first-order chi connectivity index (χ1) is 25.8. The van der Waals surface area contributed by atoms with Crippen LogP contribution in [-0.2, 0) is 5.41 Å². The standard InChI is InChI=1S/C48H29N3O/c1-2-13-31(14-3-1)45-49-46(33-24-26-36-32(28-33)23-22-30-12-4-5-15-35(30)36)51-47(50-45)34-25-27-42-44(29-34)52-43-21-11-10-20-41(43)48(42)39-18-8-6-16-37(39)38-17-7-9-19-40(38)48/h1-29H. The normalized spacial score (nSPS) is 13.3. The number of benzene rings is 8. The third-order valence-electron chi connectivity index (χ3n) is 10.8. The van der Waals surface area contributed by atoms with Crippen LogP contribution in [0.2, 0.25) is 0 Å². The fourth-order valence-electron chi connectivity index (χ4n) is 8.50. The molecule has 242 valence electrons. The molecule has 9 aromatic rings. The zero-order chi connectivity index (χ0) is 34.2. The number of fused-ring (bicyclic) bond motifs is 12. The van der Waals surface area contributed by atoms with Gasteiger partial charge in [0.25, 0.3) is 0 Å². The van der Waals surface area contributed by atoms with E-state index in [-0.39, 0.29) is 0 Å². The molecule has 0 radical (unpaired) electrons. The molecular formula is C48H29N3O.